The number of methoxy groups -OCH3 is 1. The zero-order valence-electron chi connectivity index (χ0n) is 12.0. The molecule has 0 aliphatic carbocycles. The molecule has 0 saturated carbocycles. The van der Waals surface area contributed by atoms with Gasteiger partial charge in [0.2, 0.25) is 5.91 Å². The molecule has 1 atom stereocenters. The molecular weight excluding hydrogens is 262 g/mol. The van der Waals surface area contributed by atoms with Crippen LogP contribution in [0.5, 0.6) is 0 Å². The van der Waals surface area contributed by atoms with Crippen molar-refractivity contribution in [3.8, 4) is 6.07 Å². The van der Waals surface area contributed by atoms with E-state index in [0.29, 0.717) is 32.7 Å². The molecule has 1 unspecified atom stereocenters. The number of carbonyl (C=O) groups excluding carboxylic acids is 2. The van der Waals surface area contributed by atoms with Crippen molar-refractivity contribution >= 4 is 11.9 Å². The maximum absolute atomic E-state index is 11.9. The van der Waals surface area contributed by atoms with Crippen molar-refractivity contribution in [2.75, 3.05) is 46.9 Å². The first kappa shape index (κ1) is 16.4. The standard InChI is InChI=1S/C13H21N3O4/c1-15(5-3-4-14)12(17)10-16-6-7-20-11(9-16)8-13(18)19-2/h11H,3,5-10H2,1-2H3. The summed E-state index contributed by atoms with van der Waals surface area (Å²) in [6, 6.07) is 2.01. The predicted octanol–water partition coefficient (Wildman–Crippen LogP) is -0.378. The summed E-state index contributed by atoms with van der Waals surface area (Å²) >= 11 is 0. The fourth-order valence-corrected chi connectivity index (χ4v) is 1.97. The number of hydrogen-bond acceptors (Lipinski definition) is 6. The third-order valence-electron chi connectivity index (χ3n) is 3.19. The van der Waals surface area contributed by atoms with Crippen molar-refractivity contribution in [2.45, 2.75) is 18.9 Å². The molecule has 1 heterocycles. The van der Waals surface area contributed by atoms with E-state index in [1.807, 2.05) is 11.0 Å². The number of amides is 1. The first-order valence-electron chi connectivity index (χ1n) is 6.58. The smallest absolute Gasteiger partial charge is 0.308 e. The minimum Gasteiger partial charge on any atom is -0.469 e. The highest BCUT2D eigenvalue weighted by molar-refractivity contribution is 5.78. The third kappa shape index (κ3) is 5.55. The lowest BCUT2D eigenvalue weighted by atomic mass is 10.2. The molecule has 112 valence electrons. The molecule has 1 fully saturated rings. The highest BCUT2D eigenvalue weighted by Crippen LogP contribution is 2.09. The zero-order valence-corrected chi connectivity index (χ0v) is 12.0. The van der Waals surface area contributed by atoms with E-state index in [0.717, 1.165) is 0 Å². The summed E-state index contributed by atoms with van der Waals surface area (Å²) in [6.45, 7) is 2.41. The largest absolute Gasteiger partial charge is 0.469 e. The second-order valence-electron chi connectivity index (χ2n) is 4.73. The molecule has 20 heavy (non-hydrogen) atoms. The van der Waals surface area contributed by atoms with Crippen LogP contribution in [-0.4, -0.2) is 74.7 Å². The number of carbonyl (C=O) groups is 2. The van der Waals surface area contributed by atoms with Crippen molar-refractivity contribution in [1.29, 1.82) is 5.26 Å². The van der Waals surface area contributed by atoms with Crippen LogP contribution in [0.1, 0.15) is 12.8 Å². The molecular formula is C13H21N3O4. The normalized spacial score (nSPS) is 19.1. The minimum atomic E-state index is -0.311. The van der Waals surface area contributed by atoms with Crippen LogP contribution in [0.3, 0.4) is 0 Å². The van der Waals surface area contributed by atoms with Gasteiger partial charge in [0.1, 0.15) is 0 Å². The summed E-state index contributed by atoms with van der Waals surface area (Å²) in [5.41, 5.74) is 0. The molecule has 0 aromatic heterocycles. The summed E-state index contributed by atoms with van der Waals surface area (Å²) < 4.78 is 10.1. The Morgan fingerprint density at radius 2 is 2.30 bits per heavy atom. The highest BCUT2D eigenvalue weighted by atomic mass is 16.5. The molecule has 1 rings (SSSR count). The number of ether oxygens (including phenoxy) is 2. The molecule has 7 heteroatoms. The Kier molecular flexibility index (Phi) is 6.98. The molecule has 1 aliphatic rings. The van der Waals surface area contributed by atoms with Crippen molar-refractivity contribution in [3.05, 3.63) is 0 Å². The van der Waals surface area contributed by atoms with Crippen LogP contribution >= 0.6 is 0 Å². The average molecular weight is 283 g/mol. The highest BCUT2D eigenvalue weighted by Gasteiger charge is 2.25. The average Bonchev–Trinajstić information content (AvgIpc) is 2.44. The van der Waals surface area contributed by atoms with Gasteiger partial charge in [0.05, 0.1) is 45.3 Å². The van der Waals surface area contributed by atoms with Gasteiger partial charge in [-0.3, -0.25) is 14.5 Å². The van der Waals surface area contributed by atoms with Gasteiger partial charge < -0.3 is 14.4 Å². The number of morpholine rings is 1. The molecule has 7 nitrogen and oxygen atoms in total. The van der Waals surface area contributed by atoms with Gasteiger partial charge >= 0.3 is 5.97 Å². The van der Waals surface area contributed by atoms with Gasteiger partial charge in [-0.1, -0.05) is 0 Å². The van der Waals surface area contributed by atoms with Crippen LogP contribution in [0.25, 0.3) is 0 Å². The molecule has 0 aromatic rings. The number of nitrogens with zero attached hydrogens (tertiary/aromatic N) is 3. The van der Waals surface area contributed by atoms with Gasteiger partial charge in [-0.15, -0.1) is 0 Å². The maximum atomic E-state index is 11.9. The number of likely N-dealkylation sites (N-methyl/N-ethyl adjacent to an activating group) is 1. The monoisotopic (exact) mass is 283 g/mol. The Morgan fingerprint density at radius 3 is 2.95 bits per heavy atom. The van der Waals surface area contributed by atoms with E-state index < -0.39 is 0 Å². The second-order valence-corrected chi connectivity index (χ2v) is 4.73. The van der Waals surface area contributed by atoms with Crippen LogP contribution < -0.4 is 0 Å². The third-order valence-corrected chi connectivity index (χ3v) is 3.19. The van der Waals surface area contributed by atoms with E-state index in [1.165, 1.54) is 7.11 Å². The van der Waals surface area contributed by atoms with Crippen LogP contribution in [-0.2, 0) is 19.1 Å². The number of rotatable bonds is 6. The van der Waals surface area contributed by atoms with Crippen LogP contribution in [0.15, 0.2) is 0 Å². The topological polar surface area (TPSA) is 82.9 Å². The Hall–Kier alpha value is -1.65. The second kappa shape index (κ2) is 8.51. The van der Waals surface area contributed by atoms with Gasteiger partial charge in [0.25, 0.3) is 0 Å². The summed E-state index contributed by atoms with van der Waals surface area (Å²) in [5.74, 6) is -0.340. The lowest BCUT2D eigenvalue weighted by Gasteiger charge is -2.32. The lowest BCUT2D eigenvalue weighted by Crippen LogP contribution is -2.47. The predicted molar refractivity (Wildman–Crippen MR) is 70.7 cm³/mol. The van der Waals surface area contributed by atoms with Crippen LogP contribution in [0, 0.1) is 11.3 Å². The van der Waals surface area contributed by atoms with Crippen LogP contribution in [0.2, 0.25) is 0 Å². The Morgan fingerprint density at radius 1 is 1.55 bits per heavy atom. The van der Waals surface area contributed by atoms with Crippen molar-refractivity contribution in [3.63, 3.8) is 0 Å². The van der Waals surface area contributed by atoms with Gasteiger partial charge in [-0.25, -0.2) is 0 Å². The number of esters is 1. The van der Waals surface area contributed by atoms with Crippen molar-refractivity contribution in [2.24, 2.45) is 0 Å². The molecule has 1 amide bonds. The zero-order chi connectivity index (χ0) is 15.0. The summed E-state index contributed by atoms with van der Waals surface area (Å²) in [5, 5.41) is 8.50. The van der Waals surface area contributed by atoms with E-state index in [9.17, 15) is 9.59 Å². The quantitative estimate of drug-likeness (QED) is 0.618. The SMILES string of the molecule is COC(=O)CC1CN(CC(=O)N(C)CCC#N)CCO1. The summed E-state index contributed by atoms with van der Waals surface area (Å²) in [7, 11) is 3.03. The molecule has 0 N–H and O–H groups in total. The molecule has 1 aliphatic heterocycles. The van der Waals surface area contributed by atoms with Gasteiger partial charge in [-0.05, 0) is 0 Å². The molecule has 0 bridgehead atoms. The van der Waals surface area contributed by atoms with E-state index in [2.05, 4.69) is 4.74 Å². The lowest BCUT2D eigenvalue weighted by molar-refractivity contribution is -0.146. The van der Waals surface area contributed by atoms with Crippen molar-refractivity contribution < 1.29 is 19.1 Å². The molecule has 1 saturated heterocycles. The minimum absolute atomic E-state index is 0.0287. The summed E-state index contributed by atoms with van der Waals surface area (Å²) in [4.78, 5) is 26.7. The van der Waals surface area contributed by atoms with E-state index >= 15 is 0 Å². The van der Waals surface area contributed by atoms with Crippen molar-refractivity contribution in [1.82, 2.24) is 9.80 Å². The van der Waals surface area contributed by atoms with Gasteiger partial charge in [0, 0.05) is 26.7 Å². The van der Waals surface area contributed by atoms with Crippen LogP contribution in [0.4, 0.5) is 0 Å². The number of hydrogen-bond donors (Lipinski definition) is 0. The number of nitriles is 1. The maximum Gasteiger partial charge on any atom is 0.308 e. The van der Waals surface area contributed by atoms with Gasteiger partial charge in [0.15, 0.2) is 0 Å². The first-order chi connectivity index (χ1) is 9.56. The molecule has 0 radical (unpaired) electrons. The van der Waals surface area contributed by atoms with E-state index in [-0.39, 0.29) is 30.9 Å². The Bertz CT molecular complexity index is 380. The fraction of sp³-hybridized carbons (Fsp3) is 0.769. The summed E-state index contributed by atoms with van der Waals surface area (Å²) in [6.07, 6.45) is 0.301. The Labute approximate surface area is 119 Å². The molecule has 0 spiro atoms. The van der Waals surface area contributed by atoms with E-state index in [1.54, 1.807) is 11.9 Å². The molecule has 0 aromatic carbocycles. The van der Waals surface area contributed by atoms with Gasteiger partial charge in [-0.2, -0.15) is 5.26 Å². The van der Waals surface area contributed by atoms with E-state index in [4.69, 9.17) is 10.00 Å². The fourth-order valence-electron chi connectivity index (χ4n) is 1.97. The Balaban J connectivity index is 2.38. The first-order valence-corrected chi connectivity index (χ1v) is 6.58.